The molecule has 0 atom stereocenters. The van der Waals surface area contributed by atoms with Crippen LogP contribution in [0.25, 0.3) is 10.9 Å². The maximum atomic E-state index is 13.0. The first-order valence-corrected chi connectivity index (χ1v) is 3.61. The van der Waals surface area contributed by atoms with Crippen molar-refractivity contribution in [1.29, 1.82) is 0 Å². The van der Waals surface area contributed by atoms with E-state index in [4.69, 9.17) is 0 Å². The molecule has 0 aliphatic rings. The summed E-state index contributed by atoms with van der Waals surface area (Å²) in [6.45, 7) is 0. The molecule has 0 radical (unpaired) electrons. The Kier molecular flexibility index (Phi) is 1.70. The first-order valence-electron chi connectivity index (χ1n) is 3.61. The number of hydrogen-bond donors (Lipinski definition) is 1. The van der Waals surface area contributed by atoms with E-state index in [2.05, 4.69) is 4.42 Å². The lowest BCUT2D eigenvalue weighted by molar-refractivity contribution is 0.454. The lowest BCUT2D eigenvalue weighted by atomic mass is 10.2. The van der Waals surface area contributed by atoms with E-state index < -0.39 is 33.9 Å². The molecule has 1 N–H and O–H groups in total. The van der Waals surface area contributed by atoms with E-state index >= 15 is 0 Å². The van der Waals surface area contributed by atoms with Crippen molar-refractivity contribution in [2.45, 2.75) is 0 Å². The molecule has 1 aromatic heterocycles. The fourth-order valence-electron chi connectivity index (χ4n) is 1.14. The molecular weight excluding hydrogens is 196 g/mol. The van der Waals surface area contributed by atoms with E-state index in [0.29, 0.717) is 0 Å². The zero-order chi connectivity index (χ0) is 10.3. The minimum Gasteiger partial charge on any atom is -0.372 e. The summed E-state index contributed by atoms with van der Waals surface area (Å²) in [4.78, 5) is 23.5. The molecule has 0 fully saturated rings. The highest BCUT2D eigenvalue weighted by Crippen LogP contribution is 2.13. The average molecular weight is 199 g/mol. The molecular formula is C8H3F2NO3. The van der Waals surface area contributed by atoms with Gasteiger partial charge in [-0.05, 0) is 12.1 Å². The van der Waals surface area contributed by atoms with Gasteiger partial charge in [0, 0.05) is 0 Å². The Morgan fingerprint density at radius 3 is 2.50 bits per heavy atom. The molecule has 6 heteroatoms. The first-order chi connectivity index (χ1) is 6.59. The van der Waals surface area contributed by atoms with Gasteiger partial charge in [0.1, 0.15) is 17.0 Å². The zero-order valence-electron chi connectivity index (χ0n) is 6.64. The lowest BCUT2D eigenvalue weighted by Crippen LogP contribution is -2.16. The summed E-state index contributed by atoms with van der Waals surface area (Å²) in [6, 6.07) is 1.60. The second-order valence-electron chi connectivity index (χ2n) is 2.58. The van der Waals surface area contributed by atoms with Crippen LogP contribution in [0, 0.1) is 11.6 Å². The minimum atomic E-state index is -1.19. The smallest absolute Gasteiger partial charge is 0.372 e. The molecule has 0 aliphatic carbocycles. The summed E-state index contributed by atoms with van der Waals surface area (Å²) in [7, 11) is 0. The average Bonchev–Trinajstić information content (AvgIpc) is 2.10. The van der Waals surface area contributed by atoms with Crippen LogP contribution in [0.1, 0.15) is 0 Å². The number of aromatic nitrogens is 1. The van der Waals surface area contributed by atoms with Crippen LogP contribution >= 0.6 is 0 Å². The van der Waals surface area contributed by atoms with E-state index in [-0.39, 0.29) is 0 Å². The van der Waals surface area contributed by atoms with Crippen molar-refractivity contribution in [3.8, 4) is 0 Å². The Hall–Kier alpha value is -1.98. The van der Waals surface area contributed by atoms with Crippen molar-refractivity contribution in [1.82, 2.24) is 4.98 Å². The summed E-state index contributed by atoms with van der Waals surface area (Å²) in [5.74, 6) is -2.94. The van der Waals surface area contributed by atoms with Gasteiger partial charge >= 0.3 is 11.4 Å². The fourth-order valence-corrected chi connectivity index (χ4v) is 1.14. The predicted octanol–water partition coefficient (Wildman–Crippen LogP) is 0.760. The van der Waals surface area contributed by atoms with Gasteiger partial charge in [-0.15, -0.1) is 0 Å². The van der Waals surface area contributed by atoms with Gasteiger partial charge in [0.15, 0.2) is 0 Å². The molecule has 14 heavy (non-hydrogen) atoms. The van der Waals surface area contributed by atoms with Crippen molar-refractivity contribution in [2.24, 2.45) is 0 Å². The Morgan fingerprint density at radius 1 is 1.14 bits per heavy atom. The maximum absolute atomic E-state index is 13.0. The van der Waals surface area contributed by atoms with Crippen molar-refractivity contribution < 1.29 is 13.2 Å². The van der Waals surface area contributed by atoms with Crippen LogP contribution in [-0.4, -0.2) is 4.98 Å². The lowest BCUT2D eigenvalue weighted by Gasteiger charge is -1.97. The summed E-state index contributed by atoms with van der Waals surface area (Å²) in [5, 5.41) is -0.593. The highest BCUT2D eigenvalue weighted by atomic mass is 19.1. The third kappa shape index (κ3) is 1.12. The predicted molar refractivity (Wildman–Crippen MR) is 43.0 cm³/mol. The van der Waals surface area contributed by atoms with Gasteiger partial charge in [-0.2, -0.15) is 0 Å². The molecule has 0 bridgehead atoms. The standard InChI is InChI=1S/C8H3F2NO3/c9-3-1-2-4(10)6-5(3)7(12)14-8(13)11-6/h1-2H,(H,11,13). The van der Waals surface area contributed by atoms with Gasteiger partial charge in [-0.25, -0.2) is 18.4 Å². The first kappa shape index (κ1) is 8.61. The summed E-state index contributed by atoms with van der Waals surface area (Å²) in [5.41, 5.74) is -1.67. The fraction of sp³-hybridized carbons (Fsp3) is 0. The van der Waals surface area contributed by atoms with Crippen LogP contribution in [0.3, 0.4) is 0 Å². The second-order valence-corrected chi connectivity index (χ2v) is 2.58. The largest absolute Gasteiger partial charge is 0.419 e. The van der Waals surface area contributed by atoms with Crippen molar-refractivity contribution >= 4 is 10.9 Å². The van der Waals surface area contributed by atoms with Gasteiger partial charge in [0.2, 0.25) is 0 Å². The number of hydrogen-bond acceptors (Lipinski definition) is 3. The van der Waals surface area contributed by atoms with Crippen LogP contribution < -0.4 is 11.4 Å². The zero-order valence-corrected chi connectivity index (χ0v) is 6.64. The molecule has 0 saturated carbocycles. The topological polar surface area (TPSA) is 63.1 Å². The SMILES string of the molecule is O=c1[nH]c2c(F)ccc(F)c2c(=O)o1. The number of H-pyrrole nitrogens is 1. The van der Waals surface area contributed by atoms with E-state index in [1.54, 1.807) is 0 Å². The number of fused-ring (bicyclic) bond motifs is 1. The molecule has 0 aliphatic heterocycles. The molecule has 0 saturated heterocycles. The number of benzene rings is 1. The van der Waals surface area contributed by atoms with Crippen LogP contribution in [0.2, 0.25) is 0 Å². The number of nitrogens with one attached hydrogen (secondary N) is 1. The third-order valence-electron chi connectivity index (χ3n) is 1.72. The Morgan fingerprint density at radius 2 is 1.79 bits per heavy atom. The number of aromatic amines is 1. The van der Waals surface area contributed by atoms with Crippen LogP contribution in [0.15, 0.2) is 26.1 Å². The van der Waals surface area contributed by atoms with E-state index in [0.717, 1.165) is 12.1 Å². The molecule has 2 rings (SSSR count). The third-order valence-corrected chi connectivity index (χ3v) is 1.72. The van der Waals surface area contributed by atoms with Crippen molar-refractivity contribution in [2.75, 3.05) is 0 Å². The van der Waals surface area contributed by atoms with Gasteiger partial charge in [0.25, 0.3) is 0 Å². The second kappa shape index (κ2) is 2.76. The quantitative estimate of drug-likeness (QED) is 0.681. The van der Waals surface area contributed by atoms with Crippen LogP contribution in [0.5, 0.6) is 0 Å². The molecule has 2 aromatic rings. The van der Waals surface area contributed by atoms with E-state index in [1.165, 1.54) is 0 Å². The summed E-state index contributed by atoms with van der Waals surface area (Å²) in [6.07, 6.45) is 0. The van der Waals surface area contributed by atoms with Gasteiger partial charge in [0.05, 0.1) is 5.52 Å². The molecule has 1 aromatic carbocycles. The molecule has 0 unspecified atom stereocenters. The minimum absolute atomic E-state index is 0.480. The molecule has 0 amide bonds. The Balaban J connectivity index is 3.16. The summed E-state index contributed by atoms with van der Waals surface area (Å²) >= 11 is 0. The highest BCUT2D eigenvalue weighted by molar-refractivity contribution is 5.77. The molecule has 1 heterocycles. The molecule has 4 nitrogen and oxygen atoms in total. The Bertz CT molecular complexity index is 614. The monoisotopic (exact) mass is 199 g/mol. The van der Waals surface area contributed by atoms with Gasteiger partial charge < -0.3 is 4.42 Å². The van der Waals surface area contributed by atoms with E-state index in [1.807, 2.05) is 4.98 Å². The molecule has 0 spiro atoms. The van der Waals surface area contributed by atoms with E-state index in [9.17, 15) is 18.4 Å². The van der Waals surface area contributed by atoms with Crippen molar-refractivity contribution in [3.63, 3.8) is 0 Å². The van der Waals surface area contributed by atoms with Crippen LogP contribution in [-0.2, 0) is 0 Å². The van der Waals surface area contributed by atoms with Gasteiger partial charge in [-0.1, -0.05) is 0 Å². The molecule has 72 valence electrons. The Labute approximate surface area is 74.8 Å². The van der Waals surface area contributed by atoms with Crippen molar-refractivity contribution in [3.05, 3.63) is 44.7 Å². The maximum Gasteiger partial charge on any atom is 0.419 e. The van der Waals surface area contributed by atoms with Gasteiger partial charge in [-0.3, -0.25) is 4.98 Å². The van der Waals surface area contributed by atoms with Crippen LogP contribution in [0.4, 0.5) is 8.78 Å². The number of rotatable bonds is 0. The summed E-state index contributed by atoms with van der Waals surface area (Å²) < 4.78 is 30.1. The highest BCUT2D eigenvalue weighted by Gasteiger charge is 2.11. The normalized spacial score (nSPS) is 10.7. The number of halogens is 2.